The summed E-state index contributed by atoms with van der Waals surface area (Å²) >= 11 is 0. The van der Waals surface area contributed by atoms with E-state index in [0.717, 1.165) is 6.20 Å². The van der Waals surface area contributed by atoms with Crippen LogP contribution in [0.3, 0.4) is 0 Å². The maximum atomic E-state index is 13.5. The van der Waals surface area contributed by atoms with E-state index in [-0.39, 0.29) is 28.8 Å². The zero-order valence-corrected chi connectivity index (χ0v) is 19.2. The number of aliphatic hydroxyl groups is 1. The number of anilines is 2. The third-order valence-corrected chi connectivity index (χ3v) is 6.33. The number of nitrogens with one attached hydrogen (secondary N) is 1. The molecule has 0 radical (unpaired) electrons. The van der Waals surface area contributed by atoms with E-state index in [0.29, 0.717) is 42.9 Å². The number of carbonyl (C=O) groups is 2. The molecule has 0 unspecified atom stereocenters. The molecule has 0 aliphatic carbocycles. The van der Waals surface area contributed by atoms with Gasteiger partial charge in [0, 0.05) is 30.4 Å². The number of nitrogens with zero attached hydrogens (tertiary/aromatic N) is 2. The van der Waals surface area contributed by atoms with Crippen LogP contribution < -0.4 is 15.0 Å². The van der Waals surface area contributed by atoms with Gasteiger partial charge < -0.3 is 19.9 Å². The monoisotopic (exact) mass is 475 g/mol. The number of amides is 2. The van der Waals surface area contributed by atoms with Crippen LogP contribution in [0, 0.1) is 0 Å². The van der Waals surface area contributed by atoms with E-state index in [2.05, 4.69) is 15.0 Å². The minimum Gasteiger partial charge on any atom is -0.429 e. The van der Waals surface area contributed by atoms with Gasteiger partial charge in [-0.1, -0.05) is 0 Å². The number of benzene rings is 1. The number of fused-ring (bicyclic) bond motifs is 1. The summed E-state index contributed by atoms with van der Waals surface area (Å²) in [5, 5.41) is 11.9. The highest BCUT2D eigenvalue weighted by Crippen LogP contribution is 2.46. The Kier molecular flexibility index (Phi) is 6.07. The number of halogens is 2. The molecular formula is C24H27F2N3O5. The Morgan fingerprint density at radius 2 is 1.94 bits per heavy atom. The van der Waals surface area contributed by atoms with Crippen LogP contribution in [0.15, 0.2) is 36.7 Å². The molecule has 2 aliphatic heterocycles. The van der Waals surface area contributed by atoms with Gasteiger partial charge in [0.1, 0.15) is 12.4 Å². The molecule has 0 saturated carbocycles. The Hall–Kier alpha value is -3.11. The summed E-state index contributed by atoms with van der Waals surface area (Å²) < 4.78 is 36.9. The topological polar surface area (TPSA) is 101 Å². The molecule has 10 heteroatoms. The molecule has 1 saturated heterocycles. The molecule has 0 spiro atoms. The van der Waals surface area contributed by atoms with Crippen LogP contribution in [-0.2, 0) is 14.9 Å². The molecule has 0 atom stereocenters. The summed E-state index contributed by atoms with van der Waals surface area (Å²) in [5.41, 5.74) is 0.474. The van der Waals surface area contributed by atoms with Gasteiger partial charge in [0.2, 0.25) is 5.91 Å². The average molecular weight is 475 g/mol. The smallest absolute Gasteiger partial charge is 0.421 e. The first-order chi connectivity index (χ1) is 16.0. The highest BCUT2D eigenvalue weighted by Gasteiger charge is 2.45. The molecule has 1 aromatic carbocycles. The van der Waals surface area contributed by atoms with E-state index in [1.165, 1.54) is 17.2 Å². The van der Waals surface area contributed by atoms with Crippen molar-refractivity contribution in [1.82, 2.24) is 10.3 Å². The Labute approximate surface area is 195 Å². The van der Waals surface area contributed by atoms with Gasteiger partial charge in [0.05, 0.1) is 29.2 Å². The summed E-state index contributed by atoms with van der Waals surface area (Å²) in [6.45, 7) is 5.13. The Bertz CT molecular complexity index is 1120. The van der Waals surface area contributed by atoms with E-state index in [1.54, 1.807) is 32.0 Å². The van der Waals surface area contributed by atoms with Crippen molar-refractivity contribution in [2.45, 2.75) is 50.7 Å². The zero-order chi connectivity index (χ0) is 24.7. The van der Waals surface area contributed by atoms with Crippen molar-refractivity contribution in [2.24, 2.45) is 0 Å². The quantitative estimate of drug-likeness (QED) is 0.665. The SMILES string of the molecule is CC1(NC(=O)c2ccc3c(c2)C(C)(C)C(=O)N3c2cncc(OC(F)(F)CO)c2)CCOCC1. The van der Waals surface area contributed by atoms with Crippen LogP contribution >= 0.6 is 0 Å². The number of alkyl halides is 2. The molecule has 1 fully saturated rings. The predicted molar refractivity (Wildman–Crippen MR) is 119 cm³/mol. The van der Waals surface area contributed by atoms with E-state index >= 15 is 0 Å². The highest BCUT2D eigenvalue weighted by molar-refractivity contribution is 6.13. The van der Waals surface area contributed by atoms with Gasteiger partial charge in [0.25, 0.3) is 5.91 Å². The Balaban J connectivity index is 1.65. The number of rotatable bonds is 6. The fraction of sp³-hybridized carbons (Fsp3) is 0.458. The molecule has 34 heavy (non-hydrogen) atoms. The van der Waals surface area contributed by atoms with Crippen molar-refractivity contribution in [3.05, 3.63) is 47.8 Å². The van der Waals surface area contributed by atoms with E-state index in [9.17, 15) is 18.4 Å². The van der Waals surface area contributed by atoms with Crippen LogP contribution in [0.4, 0.5) is 20.2 Å². The molecule has 1 aromatic heterocycles. The minimum absolute atomic E-state index is 0.231. The second-order valence-electron chi connectivity index (χ2n) is 9.40. The van der Waals surface area contributed by atoms with Crippen LogP contribution in [0.5, 0.6) is 5.75 Å². The Morgan fingerprint density at radius 1 is 1.24 bits per heavy atom. The maximum absolute atomic E-state index is 13.5. The second kappa shape index (κ2) is 8.59. The van der Waals surface area contributed by atoms with E-state index in [1.807, 2.05) is 6.92 Å². The van der Waals surface area contributed by atoms with E-state index in [4.69, 9.17) is 9.84 Å². The molecule has 2 aliphatic rings. The van der Waals surface area contributed by atoms with Gasteiger partial charge in [-0.15, -0.1) is 0 Å². The van der Waals surface area contributed by atoms with Gasteiger partial charge in [-0.3, -0.25) is 19.5 Å². The van der Waals surface area contributed by atoms with Crippen LogP contribution in [-0.4, -0.2) is 53.4 Å². The highest BCUT2D eigenvalue weighted by atomic mass is 19.3. The first-order valence-corrected chi connectivity index (χ1v) is 11.0. The van der Waals surface area contributed by atoms with Crippen molar-refractivity contribution in [3.8, 4) is 5.75 Å². The predicted octanol–water partition coefficient (Wildman–Crippen LogP) is 3.30. The van der Waals surface area contributed by atoms with Crippen molar-refractivity contribution in [1.29, 1.82) is 0 Å². The van der Waals surface area contributed by atoms with Crippen LogP contribution in [0.25, 0.3) is 0 Å². The molecule has 2 amide bonds. The van der Waals surface area contributed by atoms with Crippen LogP contribution in [0.1, 0.15) is 49.5 Å². The Morgan fingerprint density at radius 3 is 2.62 bits per heavy atom. The van der Waals surface area contributed by atoms with Crippen molar-refractivity contribution >= 4 is 23.2 Å². The number of hydrogen-bond donors (Lipinski definition) is 2. The fourth-order valence-corrected chi connectivity index (χ4v) is 4.22. The fourth-order valence-electron chi connectivity index (χ4n) is 4.22. The first kappa shape index (κ1) is 24.0. The lowest BCUT2D eigenvalue weighted by Crippen LogP contribution is -2.49. The number of pyridine rings is 1. The van der Waals surface area contributed by atoms with E-state index < -0.39 is 18.1 Å². The molecule has 4 rings (SSSR count). The van der Waals surface area contributed by atoms with Gasteiger partial charge >= 0.3 is 6.11 Å². The zero-order valence-electron chi connectivity index (χ0n) is 19.2. The largest absolute Gasteiger partial charge is 0.429 e. The third kappa shape index (κ3) is 4.47. The number of hydrogen-bond acceptors (Lipinski definition) is 6. The number of aliphatic hydroxyl groups excluding tert-OH is 1. The third-order valence-electron chi connectivity index (χ3n) is 6.33. The normalized spacial score (nSPS) is 19.0. The van der Waals surface area contributed by atoms with Crippen LogP contribution in [0.2, 0.25) is 0 Å². The average Bonchev–Trinajstić information content (AvgIpc) is 2.99. The van der Waals surface area contributed by atoms with Gasteiger partial charge in [0.15, 0.2) is 0 Å². The number of ether oxygens (including phenoxy) is 2. The summed E-state index contributed by atoms with van der Waals surface area (Å²) in [5.74, 6) is -0.835. The summed E-state index contributed by atoms with van der Waals surface area (Å²) in [6.07, 6.45) is 0.0733. The molecule has 3 heterocycles. The summed E-state index contributed by atoms with van der Waals surface area (Å²) in [7, 11) is 0. The molecule has 0 bridgehead atoms. The summed E-state index contributed by atoms with van der Waals surface area (Å²) in [6, 6.07) is 6.25. The standard InChI is InChI=1S/C24H27F2N3O5/c1-22(2)18-10-15(20(31)28-23(3)6-8-33-9-7-23)4-5-19(18)29(21(22)32)16-11-17(13-27-12-16)34-24(25,26)14-30/h4-5,10-13,30H,6-9,14H2,1-3H3,(H,28,31). The molecule has 2 aromatic rings. The maximum Gasteiger partial charge on any atom is 0.421 e. The molecule has 8 nitrogen and oxygen atoms in total. The van der Waals surface area contributed by atoms with Gasteiger partial charge in [-0.2, -0.15) is 8.78 Å². The van der Waals surface area contributed by atoms with Crippen molar-refractivity contribution in [2.75, 3.05) is 24.7 Å². The van der Waals surface area contributed by atoms with Gasteiger partial charge in [-0.05, 0) is 57.4 Å². The first-order valence-electron chi connectivity index (χ1n) is 11.0. The number of aromatic nitrogens is 1. The lowest BCUT2D eigenvalue weighted by atomic mass is 9.85. The van der Waals surface area contributed by atoms with Crippen molar-refractivity contribution < 1.29 is 33.0 Å². The molecular weight excluding hydrogens is 448 g/mol. The molecule has 2 N–H and O–H groups in total. The lowest BCUT2D eigenvalue weighted by molar-refractivity contribution is -0.200. The number of carbonyl (C=O) groups excluding carboxylic acids is 2. The van der Waals surface area contributed by atoms with Gasteiger partial charge in [-0.25, -0.2) is 0 Å². The minimum atomic E-state index is -3.78. The summed E-state index contributed by atoms with van der Waals surface area (Å²) in [4.78, 5) is 31.6. The second-order valence-corrected chi connectivity index (χ2v) is 9.40. The molecule has 182 valence electrons. The lowest BCUT2D eigenvalue weighted by Gasteiger charge is -2.34. The van der Waals surface area contributed by atoms with Crippen molar-refractivity contribution in [3.63, 3.8) is 0 Å².